The monoisotopic (exact) mass is 206 g/mol. The Bertz CT molecular complexity index is 388. The molecule has 0 spiro atoms. The molecule has 14 heavy (non-hydrogen) atoms. The van der Waals surface area contributed by atoms with E-state index in [0.717, 1.165) is 16.3 Å². The number of nitrogens with zero attached hydrogens (tertiary/aromatic N) is 2. The molecule has 1 atom stereocenters. The summed E-state index contributed by atoms with van der Waals surface area (Å²) in [5.74, 6) is 0. The first kappa shape index (κ1) is 9.30. The Labute approximate surface area is 87.6 Å². The SMILES string of the molecule is CC1C(c2ccccc2)=NC(=S)N1O. The minimum absolute atomic E-state index is 0.162. The molecule has 0 aliphatic carbocycles. The molecule has 1 unspecified atom stereocenters. The van der Waals surface area contributed by atoms with Crippen LogP contribution in [0.3, 0.4) is 0 Å². The van der Waals surface area contributed by atoms with Crippen molar-refractivity contribution in [2.75, 3.05) is 0 Å². The first-order chi connectivity index (χ1) is 6.70. The third kappa shape index (κ3) is 1.42. The van der Waals surface area contributed by atoms with Crippen LogP contribution in [-0.2, 0) is 0 Å². The average Bonchev–Trinajstić information content (AvgIpc) is 2.47. The first-order valence-electron chi connectivity index (χ1n) is 4.36. The molecule has 4 heteroatoms. The molecule has 0 saturated heterocycles. The van der Waals surface area contributed by atoms with Gasteiger partial charge < -0.3 is 0 Å². The topological polar surface area (TPSA) is 35.8 Å². The largest absolute Gasteiger partial charge is 0.286 e. The Morgan fingerprint density at radius 2 is 2.00 bits per heavy atom. The maximum absolute atomic E-state index is 9.48. The molecule has 2 rings (SSSR count). The Balaban J connectivity index is 2.38. The summed E-state index contributed by atoms with van der Waals surface area (Å²) in [6, 6.07) is 9.57. The zero-order valence-electron chi connectivity index (χ0n) is 7.71. The van der Waals surface area contributed by atoms with Crippen LogP contribution in [0.4, 0.5) is 0 Å². The highest BCUT2D eigenvalue weighted by molar-refractivity contribution is 7.80. The molecule has 0 saturated carbocycles. The minimum atomic E-state index is -0.162. The molecule has 1 aliphatic rings. The Hall–Kier alpha value is -1.26. The highest BCUT2D eigenvalue weighted by atomic mass is 32.1. The molecule has 3 nitrogen and oxygen atoms in total. The Kier molecular flexibility index (Phi) is 2.31. The van der Waals surface area contributed by atoms with E-state index < -0.39 is 0 Å². The number of thiocarbonyl (C=S) groups is 1. The van der Waals surface area contributed by atoms with Crippen LogP contribution in [0.1, 0.15) is 12.5 Å². The van der Waals surface area contributed by atoms with Crippen LogP contribution in [0.25, 0.3) is 0 Å². The minimum Gasteiger partial charge on any atom is -0.286 e. The normalized spacial score (nSPS) is 21.3. The summed E-state index contributed by atoms with van der Waals surface area (Å²) in [5, 5.41) is 10.7. The lowest BCUT2D eigenvalue weighted by Crippen LogP contribution is -2.32. The highest BCUT2D eigenvalue weighted by Crippen LogP contribution is 2.16. The van der Waals surface area contributed by atoms with Gasteiger partial charge in [0.1, 0.15) is 0 Å². The molecule has 72 valence electrons. The Morgan fingerprint density at radius 1 is 1.36 bits per heavy atom. The van der Waals surface area contributed by atoms with Crippen molar-refractivity contribution in [3.05, 3.63) is 35.9 Å². The van der Waals surface area contributed by atoms with E-state index in [-0.39, 0.29) is 11.2 Å². The molecule has 0 bridgehead atoms. The predicted octanol–water partition coefficient (Wildman–Crippen LogP) is 1.85. The van der Waals surface area contributed by atoms with Crippen molar-refractivity contribution in [3.8, 4) is 0 Å². The van der Waals surface area contributed by atoms with E-state index in [2.05, 4.69) is 4.99 Å². The summed E-state index contributed by atoms with van der Waals surface area (Å²) in [6.45, 7) is 1.87. The predicted molar refractivity (Wildman–Crippen MR) is 58.7 cm³/mol. The van der Waals surface area contributed by atoms with E-state index in [1.54, 1.807) is 0 Å². The fraction of sp³-hybridized carbons (Fsp3) is 0.200. The lowest BCUT2D eigenvalue weighted by Gasteiger charge is -2.14. The van der Waals surface area contributed by atoms with E-state index in [1.807, 2.05) is 37.3 Å². The quantitative estimate of drug-likeness (QED) is 0.712. The zero-order chi connectivity index (χ0) is 10.1. The van der Waals surface area contributed by atoms with Crippen molar-refractivity contribution in [2.24, 2.45) is 4.99 Å². The number of benzene rings is 1. The van der Waals surface area contributed by atoms with Gasteiger partial charge in [0, 0.05) is 0 Å². The molecule has 0 aromatic heterocycles. The molecule has 1 heterocycles. The van der Waals surface area contributed by atoms with Crippen LogP contribution in [0.15, 0.2) is 35.3 Å². The zero-order valence-corrected chi connectivity index (χ0v) is 8.53. The number of aliphatic imine (C=N–C) groups is 1. The highest BCUT2D eigenvalue weighted by Gasteiger charge is 2.28. The van der Waals surface area contributed by atoms with E-state index in [9.17, 15) is 5.21 Å². The molecule has 1 aromatic rings. The van der Waals surface area contributed by atoms with E-state index in [4.69, 9.17) is 12.2 Å². The van der Waals surface area contributed by atoms with Crippen molar-refractivity contribution >= 4 is 23.0 Å². The summed E-state index contributed by atoms with van der Waals surface area (Å²) < 4.78 is 0. The van der Waals surface area contributed by atoms with Gasteiger partial charge >= 0.3 is 0 Å². The van der Waals surface area contributed by atoms with E-state index >= 15 is 0 Å². The third-order valence-corrected chi connectivity index (χ3v) is 2.52. The smallest absolute Gasteiger partial charge is 0.220 e. The molecule has 0 fully saturated rings. The van der Waals surface area contributed by atoms with Crippen LogP contribution in [-0.4, -0.2) is 27.1 Å². The molecule has 1 aromatic carbocycles. The second kappa shape index (κ2) is 3.48. The van der Waals surface area contributed by atoms with Gasteiger partial charge in [0.25, 0.3) is 0 Å². The fourth-order valence-electron chi connectivity index (χ4n) is 1.44. The van der Waals surface area contributed by atoms with Crippen LogP contribution in [0.5, 0.6) is 0 Å². The molecular weight excluding hydrogens is 196 g/mol. The summed E-state index contributed by atoms with van der Waals surface area (Å²) in [5.41, 5.74) is 1.82. The maximum Gasteiger partial charge on any atom is 0.220 e. The van der Waals surface area contributed by atoms with Crippen molar-refractivity contribution in [3.63, 3.8) is 0 Å². The van der Waals surface area contributed by atoms with Crippen molar-refractivity contribution in [2.45, 2.75) is 13.0 Å². The van der Waals surface area contributed by atoms with Gasteiger partial charge in [-0.3, -0.25) is 5.21 Å². The Morgan fingerprint density at radius 3 is 2.50 bits per heavy atom. The molecule has 1 aliphatic heterocycles. The lowest BCUT2D eigenvalue weighted by molar-refractivity contribution is -0.0204. The van der Waals surface area contributed by atoms with Gasteiger partial charge in [-0.15, -0.1) is 0 Å². The number of hydroxylamine groups is 2. The van der Waals surface area contributed by atoms with Crippen LogP contribution in [0, 0.1) is 0 Å². The number of hydrogen-bond donors (Lipinski definition) is 1. The standard InChI is InChI=1S/C10H10N2OS/c1-7-9(11-10(14)12(7)13)8-5-3-2-4-6-8/h2-7,13H,1H3. The third-order valence-electron chi connectivity index (χ3n) is 2.24. The van der Waals surface area contributed by atoms with E-state index in [1.165, 1.54) is 0 Å². The summed E-state index contributed by atoms with van der Waals surface area (Å²) in [4.78, 5) is 4.14. The van der Waals surface area contributed by atoms with Gasteiger partial charge in [-0.1, -0.05) is 30.3 Å². The van der Waals surface area contributed by atoms with Gasteiger partial charge in [0.2, 0.25) is 5.11 Å². The van der Waals surface area contributed by atoms with Crippen molar-refractivity contribution in [1.29, 1.82) is 0 Å². The second-order valence-corrected chi connectivity index (χ2v) is 3.53. The van der Waals surface area contributed by atoms with Gasteiger partial charge in [-0.25, -0.2) is 10.1 Å². The van der Waals surface area contributed by atoms with Gasteiger partial charge in [0.15, 0.2) is 0 Å². The molecular formula is C10H10N2OS. The van der Waals surface area contributed by atoms with Gasteiger partial charge in [-0.05, 0) is 24.7 Å². The average molecular weight is 206 g/mol. The fourth-order valence-corrected chi connectivity index (χ4v) is 1.70. The number of rotatable bonds is 1. The first-order valence-corrected chi connectivity index (χ1v) is 4.77. The second-order valence-electron chi connectivity index (χ2n) is 3.17. The van der Waals surface area contributed by atoms with E-state index in [0.29, 0.717) is 0 Å². The van der Waals surface area contributed by atoms with Gasteiger partial charge in [-0.2, -0.15) is 0 Å². The van der Waals surface area contributed by atoms with Crippen LogP contribution < -0.4 is 0 Å². The number of hydrogen-bond acceptors (Lipinski definition) is 2. The van der Waals surface area contributed by atoms with Crippen molar-refractivity contribution < 1.29 is 5.21 Å². The summed E-state index contributed by atoms with van der Waals surface area (Å²) in [7, 11) is 0. The van der Waals surface area contributed by atoms with Crippen LogP contribution >= 0.6 is 12.2 Å². The molecule has 0 amide bonds. The lowest BCUT2D eigenvalue weighted by atomic mass is 10.1. The molecule has 1 N–H and O–H groups in total. The molecule has 0 radical (unpaired) electrons. The summed E-state index contributed by atoms with van der Waals surface area (Å²) in [6.07, 6.45) is 0. The summed E-state index contributed by atoms with van der Waals surface area (Å²) >= 11 is 4.88. The van der Waals surface area contributed by atoms with Crippen LogP contribution in [0.2, 0.25) is 0 Å². The van der Waals surface area contributed by atoms with Crippen molar-refractivity contribution in [1.82, 2.24) is 5.06 Å². The maximum atomic E-state index is 9.48. The van der Waals surface area contributed by atoms with Gasteiger partial charge in [0.05, 0.1) is 11.8 Å².